The molecule has 1 aliphatic heterocycles. The van der Waals surface area contributed by atoms with Crippen LogP contribution in [-0.4, -0.2) is 55.0 Å². The van der Waals surface area contributed by atoms with E-state index in [4.69, 9.17) is 4.42 Å². The van der Waals surface area contributed by atoms with Crippen LogP contribution < -0.4 is 0 Å². The van der Waals surface area contributed by atoms with Crippen molar-refractivity contribution >= 4 is 17.3 Å². The van der Waals surface area contributed by atoms with E-state index in [1.807, 2.05) is 0 Å². The largest absolute Gasteiger partial charge is 0.454 e. The van der Waals surface area contributed by atoms with Crippen LogP contribution in [0.15, 0.2) is 34.0 Å². The molecule has 0 spiro atoms. The van der Waals surface area contributed by atoms with Crippen molar-refractivity contribution in [2.75, 3.05) is 0 Å². The number of furan rings is 1. The van der Waals surface area contributed by atoms with Gasteiger partial charge >= 0.3 is 11.6 Å². The summed E-state index contributed by atoms with van der Waals surface area (Å²) in [6.07, 6.45) is -5.92. The average molecular weight is 405 g/mol. The normalized spacial score (nSPS) is 19.5. The molecule has 0 saturated heterocycles. The number of aromatic nitrogens is 2. The molecule has 14 heteroatoms. The molecule has 1 aliphatic rings. The molecule has 0 unspecified atom stereocenters. The van der Waals surface area contributed by atoms with Crippen molar-refractivity contribution in [3.05, 3.63) is 46.2 Å². The highest BCUT2D eigenvalue weighted by Crippen LogP contribution is 2.34. The SMILES string of the molecule is O=C(c1ccc(Cn2cc([N+](=O)[O-])cn2)o1)N1N=C(C(F)F)C[C@]1(O)C(F)F. The number of aliphatic hydroxyl groups is 1. The van der Waals surface area contributed by atoms with E-state index >= 15 is 0 Å². The summed E-state index contributed by atoms with van der Waals surface area (Å²) >= 11 is 0. The van der Waals surface area contributed by atoms with Crippen LogP contribution in [0.1, 0.15) is 22.7 Å². The van der Waals surface area contributed by atoms with Crippen molar-refractivity contribution in [2.45, 2.75) is 31.5 Å². The smallest absolute Gasteiger partial charge is 0.312 e. The Bertz CT molecular complexity index is 942. The van der Waals surface area contributed by atoms with Crippen LogP contribution in [0, 0.1) is 10.1 Å². The minimum absolute atomic E-state index is 0.0687. The van der Waals surface area contributed by atoms with E-state index in [1.165, 1.54) is 6.07 Å². The first kappa shape index (κ1) is 19.5. The first-order valence-electron chi connectivity index (χ1n) is 7.58. The number of nitrogens with zero attached hydrogens (tertiary/aromatic N) is 5. The Balaban J connectivity index is 1.81. The molecule has 150 valence electrons. The minimum Gasteiger partial charge on any atom is -0.454 e. The molecule has 0 bridgehead atoms. The third-order valence-electron chi connectivity index (χ3n) is 3.85. The summed E-state index contributed by atoms with van der Waals surface area (Å²) in [7, 11) is 0. The maximum absolute atomic E-state index is 13.2. The van der Waals surface area contributed by atoms with E-state index in [0.29, 0.717) is 0 Å². The highest BCUT2D eigenvalue weighted by atomic mass is 19.3. The van der Waals surface area contributed by atoms with Crippen LogP contribution >= 0.6 is 0 Å². The van der Waals surface area contributed by atoms with Gasteiger partial charge < -0.3 is 9.52 Å². The fraction of sp³-hybridized carbons (Fsp3) is 0.357. The van der Waals surface area contributed by atoms with Crippen LogP contribution in [-0.2, 0) is 6.54 Å². The number of amides is 1. The Hall–Kier alpha value is -3.29. The Morgan fingerprint density at radius 2 is 2.11 bits per heavy atom. The molecule has 1 atom stereocenters. The number of alkyl halides is 4. The number of hydrazone groups is 1. The molecule has 2 aromatic rings. The summed E-state index contributed by atoms with van der Waals surface area (Å²) in [5.74, 6) is -1.83. The molecule has 3 rings (SSSR count). The van der Waals surface area contributed by atoms with E-state index in [1.54, 1.807) is 0 Å². The Labute approximate surface area is 152 Å². The van der Waals surface area contributed by atoms with E-state index in [-0.39, 0.29) is 23.0 Å². The lowest BCUT2D eigenvalue weighted by Gasteiger charge is -2.29. The predicted octanol–water partition coefficient (Wildman–Crippen LogP) is 1.85. The van der Waals surface area contributed by atoms with Crippen molar-refractivity contribution in [1.29, 1.82) is 0 Å². The van der Waals surface area contributed by atoms with Gasteiger partial charge in [0.15, 0.2) is 5.76 Å². The van der Waals surface area contributed by atoms with Gasteiger partial charge in [-0.05, 0) is 12.1 Å². The van der Waals surface area contributed by atoms with Crippen LogP contribution in [0.5, 0.6) is 0 Å². The van der Waals surface area contributed by atoms with E-state index in [2.05, 4.69) is 10.2 Å². The number of rotatable bonds is 6. The quantitative estimate of drug-likeness (QED) is 0.444. The fourth-order valence-corrected chi connectivity index (χ4v) is 2.48. The first-order chi connectivity index (χ1) is 13.1. The molecular formula is C14H11F4N5O5. The van der Waals surface area contributed by atoms with Gasteiger partial charge in [0.05, 0.1) is 11.5 Å². The Morgan fingerprint density at radius 1 is 1.39 bits per heavy atom. The maximum atomic E-state index is 13.2. The number of nitro groups is 1. The van der Waals surface area contributed by atoms with Gasteiger partial charge in [-0.2, -0.15) is 15.2 Å². The molecule has 1 amide bonds. The van der Waals surface area contributed by atoms with Crippen molar-refractivity contribution in [3.8, 4) is 0 Å². The lowest BCUT2D eigenvalue weighted by atomic mass is 10.1. The zero-order valence-electron chi connectivity index (χ0n) is 13.7. The second-order valence-corrected chi connectivity index (χ2v) is 5.78. The van der Waals surface area contributed by atoms with Gasteiger partial charge in [-0.3, -0.25) is 19.6 Å². The van der Waals surface area contributed by atoms with Crippen LogP contribution in [0.4, 0.5) is 23.2 Å². The third-order valence-corrected chi connectivity index (χ3v) is 3.85. The standard InChI is InChI=1S/C14H11F4N5O5/c15-11(16)9-3-14(25,13(17)18)22(20-9)12(24)10-2-1-8(28-10)6-21-5-7(4-19-21)23(26)27/h1-2,4-5,11,13,25H,3,6H2/t14-/m0/s1. The summed E-state index contributed by atoms with van der Waals surface area (Å²) in [6.45, 7) is -0.133. The highest BCUT2D eigenvalue weighted by Gasteiger charge is 2.54. The Kier molecular flexibility index (Phi) is 4.89. The van der Waals surface area contributed by atoms with Gasteiger partial charge in [0.2, 0.25) is 5.72 Å². The number of hydrogen-bond donors (Lipinski definition) is 1. The van der Waals surface area contributed by atoms with Crippen molar-refractivity contribution in [3.63, 3.8) is 0 Å². The third kappa shape index (κ3) is 3.45. The lowest BCUT2D eigenvalue weighted by Crippen LogP contribution is -2.51. The zero-order chi connectivity index (χ0) is 20.6. The number of hydrogen-bond acceptors (Lipinski definition) is 7. The summed E-state index contributed by atoms with van der Waals surface area (Å²) in [5, 5.41) is 27.3. The molecule has 0 aliphatic carbocycles. The first-order valence-corrected chi connectivity index (χ1v) is 7.58. The molecular weight excluding hydrogens is 394 g/mol. The monoisotopic (exact) mass is 405 g/mol. The highest BCUT2D eigenvalue weighted by molar-refractivity contribution is 5.97. The minimum atomic E-state index is -3.56. The van der Waals surface area contributed by atoms with Crippen LogP contribution in [0.2, 0.25) is 0 Å². The van der Waals surface area contributed by atoms with Gasteiger partial charge in [-0.1, -0.05) is 0 Å². The molecule has 10 nitrogen and oxygen atoms in total. The number of carbonyl (C=O) groups is 1. The van der Waals surface area contributed by atoms with E-state index in [0.717, 1.165) is 23.1 Å². The second kappa shape index (κ2) is 7.03. The Morgan fingerprint density at radius 3 is 2.68 bits per heavy atom. The maximum Gasteiger partial charge on any atom is 0.312 e. The molecule has 0 saturated carbocycles. The molecule has 1 N–H and O–H groups in total. The average Bonchev–Trinajstić information content (AvgIpc) is 3.33. The summed E-state index contributed by atoms with van der Waals surface area (Å²) in [5.41, 5.74) is -4.57. The fourth-order valence-electron chi connectivity index (χ4n) is 2.48. The van der Waals surface area contributed by atoms with Crippen molar-refractivity contribution < 1.29 is 36.8 Å². The lowest BCUT2D eigenvalue weighted by molar-refractivity contribution is -0.385. The summed E-state index contributed by atoms with van der Waals surface area (Å²) in [6, 6.07) is 2.33. The number of carbonyl (C=O) groups excluding carboxylic acids is 1. The van der Waals surface area contributed by atoms with E-state index in [9.17, 15) is 37.6 Å². The van der Waals surface area contributed by atoms with E-state index < -0.39 is 47.3 Å². The summed E-state index contributed by atoms with van der Waals surface area (Å²) in [4.78, 5) is 22.3. The zero-order valence-corrected chi connectivity index (χ0v) is 13.7. The van der Waals surface area contributed by atoms with Gasteiger partial charge in [0, 0.05) is 6.42 Å². The molecule has 0 aromatic carbocycles. The molecule has 3 heterocycles. The van der Waals surface area contributed by atoms with Crippen LogP contribution in [0.3, 0.4) is 0 Å². The summed E-state index contributed by atoms with van der Waals surface area (Å²) < 4.78 is 58.2. The number of halogens is 4. The van der Waals surface area contributed by atoms with Crippen molar-refractivity contribution in [1.82, 2.24) is 14.8 Å². The van der Waals surface area contributed by atoms with Crippen LogP contribution in [0.25, 0.3) is 0 Å². The molecule has 28 heavy (non-hydrogen) atoms. The predicted molar refractivity (Wildman–Crippen MR) is 81.9 cm³/mol. The van der Waals surface area contributed by atoms with Gasteiger partial charge in [-0.25, -0.2) is 17.6 Å². The van der Waals surface area contributed by atoms with Gasteiger partial charge in [0.1, 0.15) is 23.9 Å². The van der Waals surface area contributed by atoms with Gasteiger partial charge in [0.25, 0.3) is 12.9 Å². The second-order valence-electron chi connectivity index (χ2n) is 5.78. The molecule has 0 fully saturated rings. The molecule has 0 radical (unpaired) electrons. The van der Waals surface area contributed by atoms with Gasteiger partial charge in [-0.15, -0.1) is 0 Å². The molecule has 2 aromatic heterocycles. The topological polar surface area (TPSA) is 127 Å². The van der Waals surface area contributed by atoms with Crippen molar-refractivity contribution in [2.24, 2.45) is 5.10 Å².